The third kappa shape index (κ3) is 9.63. The lowest BCUT2D eigenvalue weighted by atomic mass is 10.1. The minimum atomic E-state index is 0.391. The Morgan fingerprint density at radius 2 is 1.92 bits per heavy atom. The number of carbonyl (C=O) groups is 1. The van der Waals surface area contributed by atoms with Crippen LogP contribution in [0.3, 0.4) is 0 Å². The Kier molecular flexibility index (Phi) is 9.58. The van der Waals surface area contributed by atoms with Crippen LogP contribution in [0, 0.1) is 11.8 Å². The summed E-state index contributed by atoms with van der Waals surface area (Å²) < 4.78 is 0. The molecule has 0 aliphatic carbocycles. The molecule has 0 N–H and O–H groups in total. The van der Waals surface area contributed by atoms with Crippen molar-refractivity contribution in [2.45, 2.75) is 45.4 Å². The van der Waals surface area contributed by atoms with Gasteiger partial charge in [-0.25, -0.2) is 0 Å². The summed E-state index contributed by atoms with van der Waals surface area (Å²) in [6.07, 6.45) is 5.37. The van der Waals surface area contributed by atoms with E-state index in [1.165, 1.54) is 0 Å². The lowest BCUT2D eigenvalue weighted by molar-refractivity contribution is -0.119. The molecule has 0 amide bonds. The van der Waals surface area contributed by atoms with Gasteiger partial charge in [-0.1, -0.05) is 35.2 Å². The van der Waals surface area contributed by atoms with Crippen molar-refractivity contribution in [2.24, 2.45) is 0 Å². The Balaban J connectivity index is 3.26. The van der Waals surface area contributed by atoms with E-state index in [1.54, 1.807) is 0 Å². The Morgan fingerprint density at radius 1 is 1.23 bits per heavy atom. The minimum Gasteiger partial charge on any atom is -0.300 e. The van der Waals surface area contributed by atoms with Crippen LogP contribution in [-0.4, -0.2) is 11.1 Å². The molecule has 2 heteroatoms. The number of alkyl halides is 1. The van der Waals surface area contributed by atoms with Crippen molar-refractivity contribution in [3.8, 4) is 11.8 Å². The number of Topliss-reactive ketones (excluding diaryl/α,β-unsaturated/α-hetero) is 1. The van der Waals surface area contributed by atoms with Gasteiger partial charge >= 0.3 is 0 Å². The minimum absolute atomic E-state index is 0.391. The van der Waals surface area contributed by atoms with E-state index < -0.39 is 0 Å². The summed E-state index contributed by atoms with van der Waals surface area (Å²) in [7, 11) is 0. The third-order valence-electron chi connectivity index (χ3n) is 1.76. The van der Waals surface area contributed by atoms with E-state index in [0.29, 0.717) is 12.2 Å². The fraction of sp³-hybridized carbons (Fsp3) is 0.727. The number of halogens is 1. The Morgan fingerprint density at radius 3 is 2.54 bits per heavy atom. The quantitative estimate of drug-likeness (QED) is 0.398. The van der Waals surface area contributed by atoms with Crippen molar-refractivity contribution in [1.82, 2.24) is 0 Å². The van der Waals surface area contributed by atoms with E-state index in [1.807, 2.05) is 0 Å². The first kappa shape index (κ1) is 12.7. The average molecular weight is 245 g/mol. The molecule has 0 saturated heterocycles. The maximum atomic E-state index is 11.2. The van der Waals surface area contributed by atoms with Crippen LogP contribution < -0.4 is 0 Å². The fourth-order valence-electron chi connectivity index (χ4n) is 1.01. The predicted molar refractivity (Wildman–Crippen MR) is 60.0 cm³/mol. The van der Waals surface area contributed by atoms with E-state index in [2.05, 4.69) is 34.7 Å². The molecule has 0 aromatic rings. The molecule has 0 heterocycles. The summed E-state index contributed by atoms with van der Waals surface area (Å²) in [5.74, 6) is 6.31. The van der Waals surface area contributed by atoms with Crippen LogP contribution in [0.4, 0.5) is 0 Å². The first-order valence-corrected chi connectivity index (χ1v) is 5.96. The number of rotatable bonds is 6. The SMILES string of the molecule is CCCCC(=O)CCCC#CCBr. The highest BCUT2D eigenvalue weighted by Crippen LogP contribution is 2.02. The van der Waals surface area contributed by atoms with Crippen molar-refractivity contribution >= 4 is 21.7 Å². The predicted octanol–water partition coefficient (Wildman–Crippen LogP) is 3.31. The molecule has 0 rings (SSSR count). The maximum Gasteiger partial charge on any atom is 0.132 e. The van der Waals surface area contributed by atoms with Gasteiger partial charge in [0.15, 0.2) is 0 Å². The molecule has 0 bridgehead atoms. The van der Waals surface area contributed by atoms with E-state index in [4.69, 9.17) is 0 Å². The topological polar surface area (TPSA) is 17.1 Å². The zero-order valence-electron chi connectivity index (χ0n) is 8.24. The van der Waals surface area contributed by atoms with Crippen LogP contribution >= 0.6 is 15.9 Å². The molecular formula is C11H17BrO. The van der Waals surface area contributed by atoms with E-state index in [0.717, 1.165) is 37.4 Å². The normalized spacial score (nSPS) is 9.08. The van der Waals surface area contributed by atoms with Crippen molar-refractivity contribution in [1.29, 1.82) is 0 Å². The molecule has 13 heavy (non-hydrogen) atoms. The third-order valence-corrected chi connectivity index (χ3v) is 2.04. The van der Waals surface area contributed by atoms with Gasteiger partial charge in [-0.15, -0.1) is 5.92 Å². The van der Waals surface area contributed by atoms with Crippen LogP contribution in [0.5, 0.6) is 0 Å². The molecule has 0 aliphatic rings. The Bertz CT molecular complexity index is 188. The summed E-state index contributed by atoms with van der Waals surface area (Å²) in [6.45, 7) is 2.11. The van der Waals surface area contributed by atoms with Crippen molar-refractivity contribution < 1.29 is 4.79 Å². The van der Waals surface area contributed by atoms with Gasteiger partial charge < -0.3 is 0 Å². The number of carbonyl (C=O) groups excluding carboxylic acids is 1. The number of unbranched alkanes of at least 4 members (excludes halogenated alkanes) is 2. The molecule has 0 saturated carbocycles. The molecule has 0 atom stereocenters. The van der Waals surface area contributed by atoms with Gasteiger partial charge in [-0.05, 0) is 12.8 Å². The molecule has 74 valence electrons. The fourth-order valence-corrected chi connectivity index (χ4v) is 1.21. The van der Waals surface area contributed by atoms with Crippen LogP contribution in [0.15, 0.2) is 0 Å². The first-order chi connectivity index (χ1) is 6.31. The second-order valence-electron chi connectivity index (χ2n) is 2.98. The Hall–Kier alpha value is -0.290. The molecule has 0 unspecified atom stereocenters. The van der Waals surface area contributed by atoms with E-state index in [-0.39, 0.29) is 0 Å². The standard InChI is InChI=1S/C11H17BrO/c1-2-3-8-11(13)9-6-4-5-7-10-12/h2-4,6,8-10H2,1H3. The van der Waals surface area contributed by atoms with Crippen molar-refractivity contribution in [3.05, 3.63) is 0 Å². The summed E-state index contributed by atoms with van der Waals surface area (Å²) >= 11 is 3.22. The van der Waals surface area contributed by atoms with Gasteiger partial charge in [0.2, 0.25) is 0 Å². The zero-order chi connectivity index (χ0) is 9.94. The van der Waals surface area contributed by atoms with Crippen molar-refractivity contribution in [2.75, 3.05) is 5.33 Å². The first-order valence-electron chi connectivity index (χ1n) is 4.84. The second-order valence-corrected chi connectivity index (χ2v) is 3.54. The second kappa shape index (κ2) is 9.80. The van der Waals surface area contributed by atoms with Gasteiger partial charge in [0, 0.05) is 19.3 Å². The van der Waals surface area contributed by atoms with Crippen molar-refractivity contribution in [3.63, 3.8) is 0 Å². The van der Waals surface area contributed by atoms with E-state index >= 15 is 0 Å². The number of ketones is 1. The van der Waals surface area contributed by atoms with Crippen LogP contribution in [0.2, 0.25) is 0 Å². The lowest BCUT2D eigenvalue weighted by Gasteiger charge is -1.96. The number of hydrogen-bond donors (Lipinski definition) is 0. The molecule has 0 fully saturated rings. The average Bonchev–Trinajstić information content (AvgIpc) is 2.14. The molecule has 0 spiro atoms. The highest BCUT2D eigenvalue weighted by atomic mass is 79.9. The molecule has 0 aromatic heterocycles. The Labute approximate surface area is 89.4 Å². The largest absolute Gasteiger partial charge is 0.300 e. The van der Waals surface area contributed by atoms with Crippen LogP contribution in [0.25, 0.3) is 0 Å². The molecule has 0 radical (unpaired) electrons. The van der Waals surface area contributed by atoms with Gasteiger partial charge in [0.1, 0.15) is 5.78 Å². The summed E-state index contributed by atoms with van der Waals surface area (Å²) in [4.78, 5) is 11.2. The highest BCUT2D eigenvalue weighted by molar-refractivity contribution is 9.09. The highest BCUT2D eigenvalue weighted by Gasteiger charge is 1.98. The van der Waals surface area contributed by atoms with Gasteiger partial charge in [-0.3, -0.25) is 4.79 Å². The maximum absolute atomic E-state index is 11.2. The smallest absolute Gasteiger partial charge is 0.132 e. The number of hydrogen-bond acceptors (Lipinski definition) is 1. The van der Waals surface area contributed by atoms with E-state index in [9.17, 15) is 4.79 Å². The summed E-state index contributed by atoms with van der Waals surface area (Å²) in [5.41, 5.74) is 0. The summed E-state index contributed by atoms with van der Waals surface area (Å²) in [5, 5.41) is 0.733. The molecule has 1 nitrogen and oxygen atoms in total. The van der Waals surface area contributed by atoms with Gasteiger partial charge in [-0.2, -0.15) is 0 Å². The summed E-state index contributed by atoms with van der Waals surface area (Å²) in [6, 6.07) is 0. The molecule has 0 aliphatic heterocycles. The van der Waals surface area contributed by atoms with Gasteiger partial charge in [0.25, 0.3) is 0 Å². The van der Waals surface area contributed by atoms with Crippen LogP contribution in [-0.2, 0) is 4.79 Å². The molecule has 0 aromatic carbocycles. The van der Waals surface area contributed by atoms with Crippen LogP contribution in [0.1, 0.15) is 45.4 Å². The monoisotopic (exact) mass is 244 g/mol. The molecular weight excluding hydrogens is 228 g/mol. The van der Waals surface area contributed by atoms with Gasteiger partial charge in [0.05, 0.1) is 5.33 Å². The zero-order valence-corrected chi connectivity index (χ0v) is 9.82. The lowest BCUT2D eigenvalue weighted by Crippen LogP contribution is -1.96.